The molecule has 0 spiro atoms. The maximum Gasteiger partial charge on any atom is 0.292 e. The Morgan fingerprint density at radius 2 is 2.14 bits per heavy atom. The molecule has 1 aliphatic heterocycles. The van der Waals surface area contributed by atoms with Gasteiger partial charge in [-0.1, -0.05) is 6.07 Å². The Morgan fingerprint density at radius 3 is 2.76 bits per heavy atom. The van der Waals surface area contributed by atoms with Crippen LogP contribution in [0, 0.1) is 22.5 Å². The van der Waals surface area contributed by atoms with Gasteiger partial charge >= 0.3 is 0 Å². The monoisotopic (exact) mass is 294 g/mol. The minimum Gasteiger partial charge on any atom is -0.396 e. The van der Waals surface area contributed by atoms with Gasteiger partial charge in [0.15, 0.2) is 0 Å². The second-order valence-electron chi connectivity index (χ2n) is 5.72. The van der Waals surface area contributed by atoms with Crippen molar-refractivity contribution in [2.45, 2.75) is 26.2 Å². The average molecular weight is 294 g/mol. The molecule has 0 saturated carbocycles. The van der Waals surface area contributed by atoms with Crippen LogP contribution in [0.25, 0.3) is 0 Å². The molecule has 0 aromatic heterocycles. The summed E-state index contributed by atoms with van der Waals surface area (Å²) in [6.45, 7) is 3.93. The maximum absolute atomic E-state index is 11.1. The molecule has 1 aliphatic rings. The summed E-state index contributed by atoms with van der Waals surface area (Å²) in [7, 11) is 0. The number of anilines is 1. The van der Waals surface area contributed by atoms with Crippen LogP contribution in [0.5, 0.6) is 0 Å². The number of aliphatic hydroxyl groups excluding tert-OH is 1. The van der Waals surface area contributed by atoms with Crippen molar-refractivity contribution < 1.29 is 14.8 Å². The van der Waals surface area contributed by atoms with Crippen LogP contribution in [0.1, 0.15) is 24.8 Å². The molecule has 6 nitrogen and oxygen atoms in total. The molecule has 0 unspecified atom stereocenters. The highest BCUT2D eigenvalue weighted by molar-refractivity contribution is 5.62. The Bertz CT molecular complexity index is 493. The van der Waals surface area contributed by atoms with Crippen molar-refractivity contribution in [1.29, 1.82) is 0 Å². The van der Waals surface area contributed by atoms with Crippen molar-refractivity contribution in [3.63, 3.8) is 0 Å². The van der Waals surface area contributed by atoms with E-state index in [9.17, 15) is 15.2 Å². The van der Waals surface area contributed by atoms with Gasteiger partial charge in [0.1, 0.15) is 5.69 Å². The zero-order valence-corrected chi connectivity index (χ0v) is 12.3. The van der Waals surface area contributed by atoms with Crippen molar-refractivity contribution >= 4 is 11.4 Å². The lowest BCUT2D eigenvalue weighted by atomic mass is 9.77. The largest absolute Gasteiger partial charge is 0.396 e. The summed E-state index contributed by atoms with van der Waals surface area (Å²) >= 11 is 0. The fourth-order valence-corrected chi connectivity index (χ4v) is 2.78. The number of hydrogen-bond donors (Lipinski definition) is 2. The number of nitrogens with zero attached hydrogens (tertiary/aromatic N) is 1. The summed E-state index contributed by atoms with van der Waals surface area (Å²) in [6.07, 6.45) is 2.41. The Balaban J connectivity index is 2.12. The molecule has 116 valence electrons. The van der Waals surface area contributed by atoms with Crippen LogP contribution in [0.15, 0.2) is 18.2 Å². The zero-order valence-electron chi connectivity index (χ0n) is 12.3. The molecule has 1 fully saturated rings. The minimum absolute atomic E-state index is 0.0498. The fourth-order valence-electron chi connectivity index (χ4n) is 2.78. The van der Waals surface area contributed by atoms with Crippen molar-refractivity contribution in [3.8, 4) is 0 Å². The topological polar surface area (TPSA) is 84.6 Å². The summed E-state index contributed by atoms with van der Waals surface area (Å²) < 4.78 is 5.38. The lowest BCUT2D eigenvalue weighted by Crippen LogP contribution is -2.37. The van der Waals surface area contributed by atoms with Crippen LogP contribution in [0.2, 0.25) is 0 Å². The number of nitro groups is 1. The highest BCUT2D eigenvalue weighted by Gasteiger charge is 2.32. The molecule has 2 N–H and O–H groups in total. The van der Waals surface area contributed by atoms with E-state index in [0.717, 1.165) is 18.4 Å². The molecular formula is C15H22N2O4. The molecule has 0 aliphatic carbocycles. The van der Waals surface area contributed by atoms with Gasteiger partial charge in [-0.3, -0.25) is 10.1 Å². The predicted octanol–water partition coefficient (Wildman–Crippen LogP) is 2.49. The first-order valence-corrected chi connectivity index (χ1v) is 7.24. The number of ether oxygens (including phenoxy) is 1. The second-order valence-corrected chi connectivity index (χ2v) is 5.72. The first-order chi connectivity index (χ1) is 10.1. The van der Waals surface area contributed by atoms with Crippen molar-refractivity contribution in [2.24, 2.45) is 5.41 Å². The highest BCUT2D eigenvalue weighted by Crippen LogP contribution is 2.35. The molecule has 0 radical (unpaired) electrons. The standard InChI is InChI=1S/C15H22N2O4/c1-12-2-3-13(14(10-12)17(19)20)16-11-15(4-7-18)5-8-21-9-6-15/h2-3,10,16,18H,4-9,11H2,1H3. The Hall–Kier alpha value is -1.66. The lowest BCUT2D eigenvalue weighted by molar-refractivity contribution is -0.384. The summed E-state index contributed by atoms with van der Waals surface area (Å²) in [5.41, 5.74) is 1.45. The quantitative estimate of drug-likeness (QED) is 0.622. The van der Waals surface area contributed by atoms with E-state index in [2.05, 4.69) is 5.32 Å². The Kier molecular flexibility index (Phi) is 5.14. The molecule has 1 saturated heterocycles. The van der Waals surface area contributed by atoms with Crippen LogP contribution < -0.4 is 5.32 Å². The van der Waals surface area contributed by atoms with E-state index in [1.165, 1.54) is 0 Å². The summed E-state index contributed by atoms with van der Waals surface area (Å²) in [5.74, 6) is 0. The normalized spacial score (nSPS) is 17.4. The van der Waals surface area contributed by atoms with Crippen LogP contribution >= 0.6 is 0 Å². The van der Waals surface area contributed by atoms with Gasteiger partial charge in [0.2, 0.25) is 0 Å². The number of hydrogen-bond acceptors (Lipinski definition) is 5. The van der Waals surface area contributed by atoms with Crippen molar-refractivity contribution in [1.82, 2.24) is 0 Å². The molecule has 1 heterocycles. The van der Waals surface area contributed by atoms with E-state index in [1.54, 1.807) is 12.1 Å². The van der Waals surface area contributed by atoms with Crippen LogP contribution in [-0.4, -0.2) is 36.4 Å². The molecule has 0 amide bonds. The fraction of sp³-hybridized carbons (Fsp3) is 0.600. The molecule has 2 rings (SSSR count). The molecule has 0 atom stereocenters. The summed E-state index contributed by atoms with van der Waals surface area (Å²) in [6, 6.07) is 5.18. The second kappa shape index (κ2) is 6.87. The van der Waals surface area contributed by atoms with Gasteiger partial charge in [0.25, 0.3) is 5.69 Å². The molecular weight excluding hydrogens is 272 g/mol. The van der Waals surface area contributed by atoms with Gasteiger partial charge in [-0.2, -0.15) is 0 Å². The SMILES string of the molecule is Cc1ccc(NCC2(CCO)CCOCC2)c([N+](=O)[O-])c1. The highest BCUT2D eigenvalue weighted by atomic mass is 16.6. The number of aryl methyl sites for hydroxylation is 1. The molecule has 0 bridgehead atoms. The number of rotatable bonds is 6. The maximum atomic E-state index is 11.1. The van der Waals surface area contributed by atoms with Gasteiger partial charge in [0, 0.05) is 32.4 Å². The molecule has 1 aromatic carbocycles. The third-order valence-electron chi connectivity index (χ3n) is 4.20. The van der Waals surface area contributed by atoms with Crippen LogP contribution in [0.4, 0.5) is 11.4 Å². The van der Waals surface area contributed by atoms with E-state index in [1.807, 2.05) is 13.0 Å². The first kappa shape index (κ1) is 15.7. The lowest BCUT2D eigenvalue weighted by Gasteiger charge is -2.37. The van der Waals surface area contributed by atoms with Gasteiger partial charge in [-0.25, -0.2) is 0 Å². The van der Waals surface area contributed by atoms with E-state index in [4.69, 9.17) is 4.74 Å². The van der Waals surface area contributed by atoms with Gasteiger partial charge in [-0.05, 0) is 43.2 Å². The smallest absolute Gasteiger partial charge is 0.292 e. The van der Waals surface area contributed by atoms with E-state index in [-0.39, 0.29) is 22.6 Å². The minimum atomic E-state index is -0.363. The number of nitro benzene ring substituents is 1. The number of aliphatic hydroxyl groups is 1. The molecule has 1 aromatic rings. The Morgan fingerprint density at radius 1 is 1.43 bits per heavy atom. The van der Waals surface area contributed by atoms with Crippen LogP contribution in [0.3, 0.4) is 0 Å². The summed E-state index contributed by atoms with van der Waals surface area (Å²) in [4.78, 5) is 10.8. The molecule has 6 heteroatoms. The third kappa shape index (κ3) is 3.92. The summed E-state index contributed by atoms with van der Waals surface area (Å²) in [5, 5.41) is 23.6. The predicted molar refractivity (Wildman–Crippen MR) is 80.5 cm³/mol. The van der Waals surface area contributed by atoms with Crippen molar-refractivity contribution in [2.75, 3.05) is 31.7 Å². The van der Waals surface area contributed by atoms with E-state index < -0.39 is 0 Å². The van der Waals surface area contributed by atoms with Gasteiger partial charge in [-0.15, -0.1) is 0 Å². The first-order valence-electron chi connectivity index (χ1n) is 7.24. The third-order valence-corrected chi connectivity index (χ3v) is 4.20. The number of nitrogens with one attached hydrogen (secondary N) is 1. The van der Waals surface area contributed by atoms with E-state index >= 15 is 0 Å². The van der Waals surface area contributed by atoms with Crippen LogP contribution in [-0.2, 0) is 4.74 Å². The molecule has 21 heavy (non-hydrogen) atoms. The van der Waals surface area contributed by atoms with Gasteiger partial charge in [0.05, 0.1) is 4.92 Å². The van der Waals surface area contributed by atoms with Gasteiger partial charge < -0.3 is 15.2 Å². The zero-order chi connectivity index (χ0) is 15.3. The average Bonchev–Trinajstić information content (AvgIpc) is 2.47. The van der Waals surface area contributed by atoms with E-state index in [0.29, 0.717) is 31.9 Å². The number of benzene rings is 1. The Labute approximate surface area is 124 Å². The van der Waals surface area contributed by atoms with Crippen molar-refractivity contribution in [3.05, 3.63) is 33.9 Å².